The molecule has 0 aliphatic heterocycles. The molecule has 12 heavy (non-hydrogen) atoms. The molecule has 0 aliphatic rings. The third kappa shape index (κ3) is 1.82. The summed E-state index contributed by atoms with van der Waals surface area (Å²) in [6.07, 6.45) is 0.302. The number of aliphatic carboxylic acids is 1. The van der Waals surface area contributed by atoms with Crippen LogP contribution in [0, 0.1) is 0 Å². The highest BCUT2D eigenvalue weighted by molar-refractivity contribution is 5.72. The monoisotopic (exact) mass is 170 g/mol. The average molecular weight is 170 g/mol. The molecular weight excluding hydrogens is 160 g/mol. The minimum atomic E-state index is -1.35. The smallest absolute Gasteiger partial charge is 0.332 e. The Labute approximate surface area is 69.2 Å². The molecule has 0 spiro atoms. The van der Waals surface area contributed by atoms with Crippen molar-refractivity contribution >= 4 is 5.97 Å². The van der Waals surface area contributed by atoms with E-state index < -0.39 is 12.1 Å². The zero-order valence-electron chi connectivity index (χ0n) is 6.64. The van der Waals surface area contributed by atoms with E-state index in [0.717, 1.165) is 0 Å². The first-order valence-electron chi connectivity index (χ1n) is 3.49. The molecule has 1 rings (SSSR count). The molecule has 0 aromatic carbocycles. The van der Waals surface area contributed by atoms with Crippen molar-refractivity contribution in [3.8, 4) is 0 Å². The molecule has 5 nitrogen and oxygen atoms in total. The van der Waals surface area contributed by atoms with Crippen LogP contribution in [0.3, 0.4) is 0 Å². The number of hydrogen-bond donors (Lipinski definition) is 2. The van der Waals surface area contributed by atoms with Gasteiger partial charge in [0.1, 0.15) is 0 Å². The highest BCUT2D eigenvalue weighted by Crippen LogP contribution is 2.01. The lowest BCUT2D eigenvalue weighted by Gasteiger charge is -2.04. The number of carboxylic acid groups (broad SMARTS) is 1. The Hall–Kier alpha value is -1.36. The lowest BCUT2D eigenvalue weighted by molar-refractivity contribution is -0.146. The van der Waals surface area contributed by atoms with Crippen LogP contribution in [-0.2, 0) is 18.3 Å². The van der Waals surface area contributed by atoms with Crippen LogP contribution in [0.1, 0.15) is 5.69 Å². The summed E-state index contributed by atoms with van der Waals surface area (Å²) >= 11 is 0. The molecule has 0 bridgehead atoms. The molecule has 1 unspecified atom stereocenters. The van der Waals surface area contributed by atoms with Gasteiger partial charge in [-0.15, -0.1) is 0 Å². The van der Waals surface area contributed by atoms with Crippen molar-refractivity contribution in [1.82, 2.24) is 9.78 Å². The minimum Gasteiger partial charge on any atom is -0.479 e. The van der Waals surface area contributed by atoms with E-state index in [2.05, 4.69) is 5.10 Å². The third-order valence-corrected chi connectivity index (χ3v) is 1.61. The summed E-state index contributed by atoms with van der Waals surface area (Å²) < 4.78 is 1.53. The van der Waals surface area contributed by atoms with Crippen LogP contribution in [0.5, 0.6) is 0 Å². The zero-order chi connectivity index (χ0) is 9.14. The van der Waals surface area contributed by atoms with Gasteiger partial charge in [0.25, 0.3) is 0 Å². The molecule has 0 amide bonds. The number of nitrogens with zero attached hydrogens (tertiary/aromatic N) is 2. The predicted molar refractivity (Wildman–Crippen MR) is 40.6 cm³/mol. The normalized spacial score (nSPS) is 12.8. The lowest BCUT2D eigenvalue weighted by atomic mass is 10.2. The molecule has 0 fully saturated rings. The van der Waals surface area contributed by atoms with Crippen molar-refractivity contribution < 1.29 is 15.0 Å². The van der Waals surface area contributed by atoms with E-state index in [-0.39, 0.29) is 6.42 Å². The van der Waals surface area contributed by atoms with Gasteiger partial charge < -0.3 is 10.2 Å². The van der Waals surface area contributed by atoms with Gasteiger partial charge in [0, 0.05) is 25.4 Å². The third-order valence-electron chi connectivity index (χ3n) is 1.61. The molecule has 66 valence electrons. The van der Waals surface area contributed by atoms with Crippen molar-refractivity contribution in [3.63, 3.8) is 0 Å². The summed E-state index contributed by atoms with van der Waals surface area (Å²) in [4.78, 5) is 10.3. The largest absolute Gasteiger partial charge is 0.479 e. The summed E-state index contributed by atoms with van der Waals surface area (Å²) in [5.41, 5.74) is 0.699. The molecule has 1 heterocycles. The molecule has 0 saturated carbocycles. The summed E-state index contributed by atoms with van der Waals surface area (Å²) in [6, 6.07) is 1.67. The van der Waals surface area contributed by atoms with Crippen molar-refractivity contribution in [2.45, 2.75) is 12.5 Å². The average Bonchev–Trinajstić information content (AvgIpc) is 2.36. The van der Waals surface area contributed by atoms with Crippen LogP contribution in [0.2, 0.25) is 0 Å². The van der Waals surface area contributed by atoms with Gasteiger partial charge in [-0.05, 0) is 6.07 Å². The maximum Gasteiger partial charge on any atom is 0.332 e. The van der Waals surface area contributed by atoms with E-state index in [1.807, 2.05) is 0 Å². The van der Waals surface area contributed by atoms with Crippen LogP contribution in [0.4, 0.5) is 0 Å². The van der Waals surface area contributed by atoms with Gasteiger partial charge in [0.15, 0.2) is 6.10 Å². The van der Waals surface area contributed by atoms with Crippen molar-refractivity contribution in [2.24, 2.45) is 7.05 Å². The topological polar surface area (TPSA) is 75.3 Å². The number of carboxylic acids is 1. The Balaban J connectivity index is 2.64. The lowest BCUT2D eigenvalue weighted by Crippen LogP contribution is -2.23. The number of carbonyl (C=O) groups is 1. The van der Waals surface area contributed by atoms with Crippen LogP contribution in [0.25, 0.3) is 0 Å². The number of aliphatic hydroxyl groups excluding tert-OH is 1. The fraction of sp³-hybridized carbons (Fsp3) is 0.429. The molecular formula is C7H10N2O3. The van der Waals surface area contributed by atoms with Gasteiger partial charge in [-0.2, -0.15) is 5.10 Å². The second-order valence-corrected chi connectivity index (χ2v) is 2.50. The highest BCUT2D eigenvalue weighted by Gasteiger charge is 2.14. The second-order valence-electron chi connectivity index (χ2n) is 2.50. The Kier molecular flexibility index (Phi) is 2.44. The molecule has 1 aromatic heterocycles. The predicted octanol–water partition coefficient (Wildman–Crippen LogP) is -0.592. The molecule has 0 saturated heterocycles. The van der Waals surface area contributed by atoms with E-state index in [1.54, 1.807) is 19.3 Å². The van der Waals surface area contributed by atoms with Gasteiger partial charge in [0.05, 0.1) is 0 Å². The first-order valence-corrected chi connectivity index (χ1v) is 3.49. The summed E-state index contributed by atoms with van der Waals surface area (Å²) in [7, 11) is 1.70. The quantitative estimate of drug-likeness (QED) is 0.635. The van der Waals surface area contributed by atoms with E-state index in [0.29, 0.717) is 5.69 Å². The Morgan fingerprint density at radius 3 is 2.92 bits per heavy atom. The van der Waals surface area contributed by atoms with E-state index >= 15 is 0 Å². The Morgan fingerprint density at radius 1 is 1.83 bits per heavy atom. The van der Waals surface area contributed by atoms with Gasteiger partial charge in [-0.3, -0.25) is 4.68 Å². The van der Waals surface area contributed by atoms with E-state index in [1.165, 1.54) is 4.68 Å². The second kappa shape index (κ2) is 3.36. The highest BCUT2D eigenvalue weighted by atomic mass is 16.4. The number of hydrogen-bond acceptors (Lipinski definition) is 3. The molecule has 0 aliphatic carbocycles. The molecule has 5 heteroatoms. The molecule has 1 atom stereocenters. The number of aryl methyl sites for hydroxylation is 1. The van der Waals surface area contributed by atoms with Crippen LogP contribution in [0.15, 0.2) is 12.3 Å². The van der Waals surface area contributed by atoms with Crippen LogP contribution >= 0.6 is 0 Å². The number of aromatic nitrogens is 2. The fourth-order valence-corrected chi connectivity index (χ4v) is 0.887. The first-order chi connectivity index (χ1) is 5.61. The standard InChI is InChI=1S/C7H10N2O3/c1-9-5(2-3-8-9)4-6(10)7(11)12/h2-3,6,10H,4H2,1H3,(H,11,12). The van der Waals surface area contributed by atoms with Crippen molar-refractivity contribution in [3.05, 3.63) is 18.0 Å². The molecule has 2 N–H and O–H groups in total. The maximum atomic E-state index is 10.3. The number of rotatable bonds is 3. The van der Waals surface area contributed by atoms with Gasteiger partial charge in [0.2, 0.25) is 0 Å². The first kappa shape index (κ1) is 8.73. The Morgan fingerprint density at radius 2 is 2.50 bits per heavy atom. The molecule has 1 aromatic rings. The summed E-state index contributed by atoms with van der Waals surface area (Å²) in [5, 5.41) is 21.2. The van der Waals surface area contributed by atoms with Gasteiger partial charge >= 0.3 is 5.97 Å². The summed E-state index contributed by atoms with van der Waals surface area (Å²) in [5.74, 6) is -1.21. The van der Waals surface area contributed by atoms with Crippen molar-refractivity contribution in [1.29, 1.82) is 0 Å². The fourth-order valence-electron chi connectivity index (χ4n) is 0.887. The van der Waals surface area contributed by atoms with E-state index in [9.17, 15) is 4.79 Å². The van der Waals surface area contributed by atoms with Gasteiger partial charge in [-0.1, -0.05) is 0 Å². The number of aliphatic hydroxyl groups is 1. The molecule has 0 radical (unpaired) electrons. The zero-order valence-corrected chi connectivity index (χ0v) is 6.64. The van der Waals surface area contributed by atoms with Crippen LogP contribution in [-0.4, -0.2) is 32.1 Å². The van der Waals surface area contributed by atoms with Gasteiger partial charge in [-0.25, -0.2) is 4.79 Å². The Bertz CT molecular complexity index is 282. The summed E-state index contributed by atoms with van der Waals surface area (Å²) in [6.45, 7) is 0. The van der Waals surface area contributed by atoms with Crippen molar-refractivity contribution in [2.75, 3.05) is 0 Å². The SMILES string of the molecule is Cn1nccc1CC(O)C(=O)O. The maximum absolute atomic E-state index is 10.3. The minimum absolute atomic E-state index is 0.0891. The van der Waals surface area contributed by atoms with E-state index in [4.69, 9.17) is 10.2 Å². The van der Waals surface area contributed by atoms with Crippen LogP contribution < -0.4 is 0 Å².